The van der Waals surface area contributed by atoms with E-state index in [1.165, 1.54) is 19.3 Å². The molecule has 2 heterocycles. The van der Waals surface area contributed by atoms with E-state index >= 15 is 0 Å². The zero-order chi connectivity index (χ0) is 15.9. The Morgan fingerprint density at radius 3 is 3.00 bits per heavy atom. The van der Waals surface area contributed by atoms with Gasteiger partial charge in [0, 0.05) is 18.1 Å². The monoisotopic (exact) mass is 331 g/mol. The van der Waals surface area contributed by atoms with Gasteiger partial charge in [-0.05, 0) is 50.3 Å². The number of aromatic nitrogens is 2. The second-order valence-corrected chi connectivity index (χ2v) is 7.15. The molecular weight excluding hydrogens is 306 g/mol. The van der Waals surface area contributed by atoms with E-state index in [2.05, 4.69) is 20.7 Å². The van der Waals surface area contributed by atoms with Crippen molar-refractivity contribution in [2.24, 2.45) is 5.92 Å². The average molecular weight is 331 g/mol. The van der Waals surface area contributed by atoms with Crippen LogP contribution in [-0.4, -0.2) is 27.7 Å². The van der Waals surface area contributed by atoms with Gasteiger partial charge in [0.2, 0.25) is 0 Å². The van der Waals surface area contributed by atoms with Gasteiger partial charge < -0.3 is 10.4 Å². The highest BCUT2D eigenvalue weighted by atomic mass is 32.1. The van der Waals surface area contributed by atoms with Crippen LogP contribution in [0.2, 0.25) is 0 Å². The molecule has 2 unspecified atom stereocenters. The summed E-state index contributed by atoms with van der Waals surface area (Å²) in [6, 6.07) is 5.90. The van der Waals surface area contributed by atoms with Crippen LogP contribution in [0.3, 0.4) is 0 Å². The molecule has 0 aliphatic heterocycles. The summed E-state index contributed by atoms with van der Waals surface area (Å²) in [7, 11) is 0. The summed E-state index contributed by atoms with van der Waals surface area (Å²) in [5, 5.41) is 16.5. The predicted octanol–water partition coefficient (Wildman–Crippen LogP) is 3.63. The second kappa shape index (κ2) is 8.52. The van der Waals surface area contributed by atoms with Gasteiger partial charge in [-0.1, -0.05) is 18.9 Å². The number of nitrogens with one attached hydrogen (secondary N) is 1. The van der Waals surface area contributed by atoms with Crippen molar-refractivity contribution in [1.82, 2.24) is 15.3 Å². The Kier molecular flexibility index (Phi) is 6.13. The van der Waals surface area contributed by atoms with Gasteiger partial charge in [-0.2, -0.15) is 0 Å². The van der Waals surface area contributed by atoms with E-state index < -0.39 is 0 Å². The van der Waals surface area contributed by atoms with Crippen molar-refractivity contribution in [3.05, 3.63) is 35.5 Å². The van der Waals surface area contributed by atoms with Gasteiger partial charge in [-0.3, -0.25) is 4.98 Å². The first-order valence-electron chi connectivity index (χ1n) is 8.57. The molecule has 1 saturated carbocycles. The van der Waals surface area contributed by atoms with E-state index in [4.69, 9.17) is 0 Å². The number of aliphatic hydroxyl groups is 1. The van der Waals surface area contributed by atoms with Crippen molar-refractivity contribution in [1.29, 1.82) is 0 Å². The smallest absolute Gasteiger partial charge is 0.142 e. The molecule has 0 spiro atoms. The van der Waals surface area contributed by atoms with E-state index in [1.807, 2.05) is 18.2 Å². The van der Waals surface area contributed by atoms with Crippen LogP contribution in [0, 0.1) is 5.92 Å². The topological polar surface area (TPSA) is 58.0 Å². The summed E-state index contributed by atoms with van der Waals surface area (Å²) in [6.45, 7) is 1.79. The Balaban J connectivity index is 1.37. The molecule has 0 amide bonds. The fourth-order valence-electron chi connectivity index (χ4n) is 3.23. The van der Waals surface area contributed by atoms with Crippen molar-refractivity contribution in [2.45, 2.75) is 51.2 Å². The molecule has 124 valence electrons. The molecule has 0 aromatic carbocycles. The van der Waals surface area contributed by atoms with Gasteiger partial charge in [-0.25, -0.2) is 4.98 Å². The standard InChI is InChI=1S/C18H25N3OS/c22-17-9-2-1-6-14(17)7-5-10-19-12-15-13-23-18(21-15)16-8-3-4-11-20-16/h3-4,8,11,13-14,17,19,22H,1-2,5-7,9-10,12H2. The molecule has 2 aromatic rings. The number of pyridine rings is 1. The van der Waals surface area contributed by atoms with Crippen LogP contribution in [0.5, 0.6) is 0 Å². The quantitative estimate of drug-likeness (QED) is 0.761. The second-order valence-electron chi connectivity index (χ2n) is 6.29. The molecule has 3 rings (SSSR count). The van der Waals surface area contributed by atoms with Crippen molar-refractivity contribution >= 4 is 11.3 Å². The minimum absolute atomic E-state index is 0.0665. The zero-order valence-corrected chi connectivity index (χ0v) is 14.3. The van der Waals surface area contributed by atoms with Crippen LogP contribution in [0.1, 0.15) is 44.2 Å². The van der Waals surface area contributed by atoms with Gasteiger partial charge in [-0.15, -0.1) is 11.3 Å². The summed E-state index contributed by atoms with van der Waals surface area (Å²) < 4.78 is 0. The van der Waals surface area contributed by atoms with Crippen molar-refractivity contribution in [3.63, 3.8) is 0 Å². The number of thiazole rings is 1. The highest BCUT2D eigenvalue weighted by molar-refractivity contribution is 7.13. The molecule has 0 saturated heterocycles. The zero-order valence-electron chi connectivity index (χ0n) is 13.4. The molecular formula is C18H25N3OS. The van der Waals surface area contributed by atoms with Crippen LogP contribution in [-0.2, 0) is 6.54 Å². The lowest BCUT2D eigenvalue weighted by molar-refractivity contribution is 0.0643. The lowest BCUT2D eigenvalue weighted by Gasteiger charge is -2.27. The van der Waals surface area contributed by atoms with Crippen LogP contribution < -0.4 is 5.32 Å². The highest BCUT2D eigenvalue weighted by Gasteiger charge is 2.22. The molecule has 1 aliphatic rings. The first-order chi connectivity index (χ1) is 11.3. The van der Waals surface area contributed by atoms with E-state index in [0.717, 1.165) is 48.7 Å². The molecule has 1 fully saturated rings. The Hall–Kier alpha value is -1.30. The molecule has 23 heavy (non-hydrogen) atoms. The Bertz CT molecular complexity index is 587. The van der Waals surface area contributed by atoms with Gasteiger partial charge >= 0.3 is 0 Å². The Morgan fingerprint density at radius 1 is 1.26 bits per heavy atom. The molecule has 0 bridgehead atoms. The summed E-state index contributed by atoms with van der Waals surface area (Å²) in [5.74, 6) is 0.514. The molecule has 1 aliphatic carbocycles. The van der Waals surface area contributed by atoms with Gasteiger partial charge in [0.25, 0.3) is 0 Å². The molecule has 2 aromatic heterocycles. The lowest BCUT2D eigenvalue weighted by Crippen LogP contribution is -2.25. The third-order valence-corrected chi connectivity index (χ3v) is 5.45. The number of rotatable bonds is 7. The molecule has 2 N–H and O–H groups in total. The summed E-state index contributed by atoms with van der Waals surface area (Å²) in [4.78, 5) is 8.97. The van der Waals surface area contributed by atoms with Crippen LogP contribution in [0.15, 0.2) is 29.8 Å². The summed E-state index contributed by atoms with van der Waals surface area (Å²) in [5.41, 5.74) is 2.02. The molecule has 4 nitrogen and oxygen atoms in total. The number of hydrogen-bond acceptors (Lipinski definition) is 5. The normalized spacial score (nSPS) is 21.4. The minimum Gasteiger partial charge on any atom is -0.393 e. The highest BCUT2D eigenvalue weighted by Crippen LogP contribution is 2.27. The molecule has 2 atom stereocenters. The van der Waals surface area contributed by atoms with Crippen LogP contribution in [0.4, 0.5) is 0 Å². The lowest BCUT2D eigenvalue weighted by atomic mass is 9.83. The molecule has 5 heteroatoms. The van der Waals surface area contributed by atoms with Gasteiger partial charge in [0.15, 0.2) is 0 Å². The maximum absolute atomic E-state index is 9.98. The van der Waals surface area contributed by atoms with Crippen LogP contribution in [0.25, 0.3) is 10.7 Å². The summed E-state index contributed by atoms with van der Waals surface area (Å²) in [6.07, 6.45) is 8.65. The van der Waals surface area contributed by atoms with Gasteiger partial charge in [0.1, 0.15) is 5.01 Å². The predicted molar refractivity (Wildman–Crippen MR) is 94.3 cm³/mol. The van der Waals surface area contributed by atoms with Gasteiger partial charge in [0.05, 0.1) is 17.5 Å². The van der Waals surface area contributed by atoms with E-state index in [1.54, 1.807) is 17.5 Å². The maximum Gasteiger partial charge on any atom is 0.142 e. The number of aliphatic hydroxyl groups excluding tert-OH is 1. The van der Waals surface area contributed by atoms with E-state index in [9.17, 15) is 5.11 Å². The van der Waals surface area contributed by atoms with Crippen molar-refractivity contribution in [3.8, 4) is 10.7 Å². The largest absolute Gasteiger partial charge is 0.393 e. The Morgan fingerprint density at radius 2 is 2.17 bits per heavy atom. The van der Waals surface area contributed by atoms with Crippen molar-refractivity contribution in [2.75, 3.05) is 6.54 Å². The average Bonchev–Trinajstić information content (AvgIpc) is 3.06. The minimum atomic E-state index is -0.0665. The molecule has 0 radical (unpaired) electrons. The third-order valence-electron chi connectivity index (χ3n) is 4.54. The first-order valence-corrected chi connectivity index (χ1v) is 9.45. The summed E-state index contributed by atoms with van der Waals surface area (Å²) >= 11 is 1.64. The van der Waals surface area contributed by atoms with E-state index in [0.29, 0.717) is 5.92 Å². The van der Waals surface area contributed by atoms with Crippen molar-refractivity contribution < 1.29 is 5.11 Å². The number of nitrogens with zero attached hydrogens (tertiary/aromatic N) is 2. The van der Waals surface area contributed by atoms with Crippen LogP contribution >= 0.6 is 11.3 Å². The fourth-order valence-corrected chi connectivity index (χ4v) is 4.02. The van der Waals surface area contributed by atoms with E-state index in [-0.39, 0.29) is 6.10 Å². The third kappa shape index (κ3) is 4.83. The number of hydrogen-bond donors (Lipinski definition) is 2. The Labute approximate surface area is 142 Å². The SMILES string of the molecule is OC1CCCCC1CCCNCc1csc(-c2ccccn2)n1. The fraction of sp³-hybridized carbons (Fsp3) is 0.556. The maximum atomic E-state index is 9.98. The first kappa shape index (κ1) is 16.6.